The maximum absolute atomic E-state index is 10.8. The molecule has 0 atom stereocenters. The van der Waals surface area contributed by atoms with Crippen molar-refractivity contribution in [3.8, 4) is 18.1 Å². The summed E-state index contributed by atoms with van der Waals surface area (Å²) < 4.78 is 5.31. The van der Waals surface area contributed by atoms with Crippen LogP contribution in [0.5, 0.6) is 5.75 Å². The van der Waals surface area contributed by atoms with Crippen LogP contribution < -0.4 is 10.5 Å². The molecule has 0 aliphatic heterocycles. The van der Waals surface area contributed by atoms with E-state index in [2.05, 4.69) is 5.92 Å². The van der Waals surface area contributed by atoms with Crippen molar-refractivity contribution in [2.24, 2.45) is 5.73 Å². The maximum atomic E-state index is 10.8. The van der Waals surface area contributed by atoms with Crippen molar-refractivity contribution < 1.29 is 9.53 Å². The Kier molecular flexibility index (Phi) is 3.90. The minimum atomic E-state index is -0.0379. The molecule has 0 aliphatic rings. The van der Waals surface area contributed by atoms with Crippen molar-refractivity contribution in [3.63, 3.8) is 0 Å². The van der Waals surface area contributed by atoms with E-state index in [0.717, 1.165) is 5.56 Å². The third-order valence-electron chi connectivity index (χ3n) is 1.88. The van der Waals surface area contributed by atoms with Crippen LogP contribution in [0.15, 0.2) is 18.2 Å². The molecule has 3 heteroatoms. The number of benzene rings is 1. The van der Waals surface area contributed by atoms with Gasteiger partial charge in [-0.1, -0.05) is 12.0 Å². The van der Waals surface area contributed by atoms with Crippen molar-refractivity contribution in [1.82, 2.24) is 0 Å². The van der Waals surface area contributed by atoms with E-state index < -0.39 is 0 Å². The van der Waals surface area contributed by atoms with Crippen LogP contribution in [0, 0.1) is 12.3 Å². The minimum Gasteiger partial charge on any atom is -0.485 e. The summed E-state index contributed by atoms with van der Waals surface area (Å²) in [7, 11) is 0. The van der Waals surface area contributed by atoms with Gasteiger partial charge in [0.1, 0.15) is 12.4 Å². The van der Waals surface area contributed by atoms with Gasteiger partial charge >= 0.3 is 0 Å². The van der Waals surface area contributed by atoms with Gasteiger partial charge in [0.25, 0.3) is 0 Å². The fourth-order valence-electron chi connectivity index (χ4n) is 1.13. The van der Waals surface area contributed by atoms with Gasteiger partial charge in [0.05, 0.1) is 0 Å². The molecule has 0 heterocycles. The summed E-state index contributed by atoms with van der Waals surface area (Å²) in [6.45, 7) is 1.87. The SMILES string of the molecule is C#Cc1ccc(CN)c(OCC(C)=O)c1. The number of Topliss-reactive ketones (excluding diaryl/α,β-unsaturated/α-hetero) is 1. The minimum absolute atomic E-state index is 0.0379. The first-order chi connectivity index (χ1) is 7.17. The second-order valence-corrected chi connectivity index (χ2v) is 3.16. The zero-order chi connectivity index (χ0) is 11.3. The molecule has 0 aliphatic carbocycles. The topological polar surface area (TPSA) is 52.3 Å². The van der Waals surface area contributed by atoms with Crippen LogP contribution in [-0.4, -0.2) is 12.4 Å². The molecule has 2 N–H and O–H groups in total. The van der Waals surface area contributed by atoms with Gasteiger partial charge in [-0.3, -0.25) is 4.79 Å². The van der Waals surface area contributed by atoms with Crippen LogP contribution in [0.2, 0.25) is 0 Å². The third-order valence-corrected chi connectivity index (χ3v) is 1.88. The highest BCUT2D eigenvalue weighted by Gasteiger charge is 2.04. The Morgan fingerprint density at radius 3 is 2.87 bits per heavy atom. The molecule has 1 aromatic carbocycles. The van der Waals surface area contributed by atoms with Crippen molar-refractivity contribution in [2.45, 2.75) is 13.5 Å². The number of terminal acetylenes is 1. The number of ether oxygens (including phenoxy) is 1. The number of nitrogens with two attached hydrogens (primary N) is 1. The normalized spacial score (nSPS) is 9.40. The predicted octanol–water partition coefficient (Wildman–Crippen LogP) is 1.09. The molecule has 15 heavy (non-hydrogen) atoms. The first kappa shape index (κ1) is 11.3. The molecule has 0 bridgehead atoms. The van der Waals surface area contributed by atoms with Crippen LogP contribution in [0.1, 0.15) is 18.1 Å². The second-order valence-electron chi connectivity index (χ2n) is 3.16. The molecule has 0 radical (unpaired) electrons. The number of hydrogen-bond acceptors (Lipinski definition) is 3. The van der Waals surface area contributed by atoms with Crippen molar-refractivity contribution in [3.05, 3.63) is 29.3 Å². The van der Waals surface area contributed by atoms with Gasteiger partial charge in [-0.2, -0.15) is 0 Å². The molecule has 78 valence electrons. The summed E-state index contributed by atoms with van der Waals surface area (Å²) in [6.07, 6.45) is 5.26. The number of carbonyl (C=O) groups is 1. The Morgan fingerprint density at radius 1 is 1.60 bits per heavy atom. The highest BCUT2D eigenvalue weighted by atomic mass is 16.5. The maximum Gasteiger partial charge on any atom is 0.167 e. The van der Waals surface area contributed by atoms with Crippen LogP contribution in [-0.2, 0) is 11.3 Å². The standard InChI is InChI=1S/C12H13NO2/c1-3-10-4-5-11(7-13)12(6-10)15-8-9(2)14/h1,4-6H,7-8,13H2,2H3. The third kappa shape index (κ3) is 3.12. The molecule has 1 rings (SSSR count). The summed E-state index contributed by atoms with van der Waals surface area (Å²) in [6, 6.07) is 5.32. The lowest BCUT2D eigenvalue weighted by atomic mass is 10.1. The molecular weight excluding hydrogens is 190 g/mol. The Bertz CT molecular complexity index is 405. The van der Waals surface area contributed by atoms with Crippen LogP contribution in [0.25, 0.3) is 0 Å². The van der Waals surface area contributed by atoms with E-state index in [-0.39, 0.29) is 12.4 Å². The average molecular weight is 203 g/mol. The Labute approximate surface area is 89.2 Å². The Hall–Kier alpha value is -1.79. The van der Waals surface area contributed by atoms with E-state index >= 15 is 0 Å². The number of ketones is 1. The predicted molar refractivity (Wildman–Crippen MR) is 58.4 cm³/mol. The molecule has 0 saturated heterocycles. The zero-order valence-electron chi connectivity index (χ0n) is 8.62. The number of hydrogen-bond donors (Lipinski definition) is 1. The highest BCUT2D eigenvalue weighted by molar-refractivity contribution is 5.77. The Morgan fingerprint density at radius 2 is 2.33 bits per heavy atom. The van der Waals surface area contributed by atoms with Gasteiger partial charge in [-0.25, -0.2) is 0 Å². The summed E-state index contributed by atoms with van der Waals surface area (Å²) in [4.78, 5) is 10.8. The van der Waals surface area contributed by atoms with Gasteiger partial charge in [0.2, 0.25) is 0 Å². The zero-order valence-corrected chi connectivity index (χ0v) is 8.62. The lowest BCUT2D eigenvalue weighted by molar-refractivity contribution is -0.118. The molecule has 0 spiro atoms. The smallest absolute Gasteiger partial charge is 0.167 e. The van der Waals surface area contributed by atoms with Gasteiger partial charge in [-0.15, -0.1) is 6.42 Å². The molecule has 0 aromatic heterocycles. The van der Waals surface area contributed by atoms with Crippen molar-refractivity contribution >= 4 is 5.78 Å². The van der Waals surface area contributed by atoms with Crippen LogP contribution in [0.3, 0.4) is 0 Å². The summed E-state index contributed by atoms with van der Waals surface area (Å²) in [5, 5.41) is 0. The summed E-state index contributed by atoms with van der Waals surface area (Å²) in [5.74, 6) is 3.05. The highest BCUT2D eigenvalue weighted by Crippen LogP contribution is 2.19. The first-order valence-corrected chi connectivity index (χ1v) is 4.59. The van der Waals surface area contributed by atoms with E-state index in [9.17, 15) is 4.79 Å². The van der Waals surface area contributed by atoms with Crippen molar-refractivity contribution in [2.75, 3.05) is 6.61 Å². The van der Waals surface area contributed by atoms with Crippen LogP contribution in [0.4, 0.5) is 0 Å². The molecule has 1 aromatic rings. The van der Waals surface area contributed by atoms with Gasteiger partial charge < -0.3 is 10.5 Å². The van der Waals surface area contributed by atoms with E-state index in [4.69, 9.17) is 16.9 Å². The lowest BCUT2D eigenvalue weighted by Gasteiger charge is -2.09. The van der Waals surface area contributed by atoms with Crippen molar-refractivity contribution in [1.29, 1.82) is 0 Å². The molecule has 0 fully saturated rings. The fourth-order valence-corrected chi connectivity index (χ4v) is 1.13. The molecule has 0 saturated carbocycles. The molecule has 3 nitrogen and oxygen atoms in total. The average Bonchev–Trinajstić information content (AvgIpc) is 2.25. The van der Waals surface area contributed by atoms with E-state index in [0.29, 0.717) is 17.9 Å². The molecule has 0 unspecified atom stereocenters. The van der Waals surface area contributed by atoms with E-state index in [1.807, 2.05) is 6.07 Å². The molecular formula is C12H13NO2. The van der Waals surface area contributed by atoms with E-state index in [1.54, 1.807) is 12.1 Å². The number of carbonyl (C=O) groups excluding carboxylic acids is 1. The number of rotatable bonds is 4. The fraction of sp³-hybridized carbons (Fsp3) is 0.250. The summed E-state index contributed by atoms with van der Waals surface area (Å²) in [5.41, 5.74) is 7.09. The monoisotopic (exact) mass is 203 g/mol. The second kappa shape index (κ2) is 5.18. The van der Waals surface area contributed by atoms with Gasteiger partial charge in [0.15, 0.2) is 5.78 Å². The Balaban J connectivity index is 2.92. The molecule has 0 amide bonds. The van der Waals surface area contributed by atoms with Gasteiger partial charge in [-0.05, 0) is 19.1 Å². The van der Waals surface area contributed by atoms with Gasteiger partial charge in [0, 0.05) is 17.7 Å². The van der Waals surface area contributed by atoms with E-state index in [1.165, 1.54) is 6.92 Å². The summed E-state index contributed by atoms with van der Waals surface area (Å²) >= 11 is 0. The first-order valence-electron chi connectivity index (χ1n) is 4.59. The largest absolute Gasteiger partial charge is 0.485 e. The van der Waals surface area contributed by atoms with Crippen LogP contribution >= 0.6 is 0 Å². The lowest BCUT2D eigenvalue weighted by Crippen LogP contribution is -2.09. The quantitative estimate of drug-likeness (QED) is 0.745.